The second-order valence-corrected chi connectivity index (χ2v) is 7.55. The summed E-state index contributed by atoms with van der Waals surface area (Å²) >= 11 is 1.51. The first-order chi connectivity index (χ1) is 13.5. The molecule has 2 heterocycles. The predicted molar refractivity (Wildman–Crippen MR) is 110 cm³/mol. The van der Waals surface area contributed by atoms with E-state index in [0.717, 1.165) is 17.7 Å². The summed E-state index contributed by atoms with van der Waals surface area (Å²) in [5, 5.41) is 3.46. The summed E-state index contributed by atoms with van der Waals surface area (Å²) in [4.78, 5) is 29.7. The van der Waals surface area contributed by atoms with E-state index in [4.69, 9.17) is 9.47 Å². The molecule has 1 aliphatic heterocycles. The molecule has 0 saturated carbocycles. The molecule has 150 valence electrons. The van der Waals surface area contributed by atoms with Crippen LogP contribution in [0.3, 0.4) is 0 Å². The third-order valence-corrected chi connectivity index (χ3v) is 5.87. The van der Waals surface area contributed by atoms with Crippen molar-refractivity contribution in [1.82, 2.24) is 9.55 Å². The number of nitrogens with zero attached hydrogens (tertiary/aromatic N) is 2. The van der Waals surface area contributed by atoms with Gasteiger partial charge in [-0.15, -0.1) is 0 Å². The van der Waals surface area contributed by atoms with Crippen LogP contribution >= 0.6 is 11.8 Å². The van der Waals surface area contributed by atoms with Gasteiger partial charge in [-0.2, -0.15) is 4.98 Å². The average molecular weight is 404 g/mol. The molecule has 1 aromatic heterocycles. The number of carbonyl (C=O) groups excluding carboxylic acids is 1. The summed E-state index contributed by atoms with van der Waals surface area (Å²) in [7, 11) is 3.39. The molecule has 1 N–H and O–H groups in total. The molecule has 7 nitrogen and oxygen atoms in total. The maximum atomic E-state index is 13.0. The quantitative estimate of drug-likeness (QED) is 0.565. The van der Waals surface area contributed by atoms with Crippen molar-refractivity contribution < 1.29 is 14.3 Å². The maximum absolute atomic E-state index is 13.0. The van der Waals surface area contributed by atoms with Gasteiger partial charge >= 0.3 is 0 Å². The van der Waals surface area contributed by atoms with Crippen LogP contribution in [-0.4, -0.2) is 34.9 Å². The molecular formula is C20H25N3O4S. The molecule has 0 spiro atoms. The van der Waals surface area contributed by atoms with Crippen molar-refractivity contribution >= 4 is 23.5 Å². The van der Waals surface area contributed by atoms with Gasteiger partial charge in [0.15, 0.2) is 16.7 Å². The Morgan fingerprint density at radius 1 is 1.32 bits per heavy atom. The summed E-state index contributed by atoms with van der Waals surface area (Å²) in [5.74, 6) is 1.90. The van der Waals surface area contributed by atoms with Gasteiger partial charge < -0.3 is 19.4 Å². The van der Waals surface area contributed by atoms with Gasteiger partial charge in [0, 0.05) is 30.7 Å². The minimum Gasteiger partial charge on any atom is -0.493 e. The van der Waals surface area contributed by atoms with Crippen molar-refractivity contribution in [2.45, 2.75) is 37.8 Å². The number of benzene rings is 1. The van der Waals surface area contributed by atoms with Gasteiger partial charge in [-0.1, -0.05) is 30.8 Å². The molecule has 0 radical (unpaired) electrons. The fourth-order valence-electron chi connectivity index (χ4n) is 3.39. The number of hydrogen-bond donors (Lipinski definition) is 1. The number of aromatic nitrogens is 2. The van der Waals surface area contributed by atoms with E-state index in [9.17, 15) is 9.59 Å². The number of para-hydroxylation sites is 1. The SMILES string of the molecule is CCCSc1nc(=O)c2c(n1C)NC(=O)CC2c1cccc(OC)c1OCC. The Morgan fingerprint density at radius 2 is 2.11 bits per heavy atom. The Morgan fingerprint density at radius 3 is 2.79 bits per heavy atom. The highest BCUT2D eigenvalue weighted by Crippen LogP contribution is 2.43. The number of rotatable bonds is 7. The number of amides is 1. The molecule has 0 aliphatic carbocycles. The fourth-order valence-corrected chi connectivity index (χ4v) is 4.21. The van der Waals surface area contributed by atoms with Crippen LogP contribution in [0, 0.1) is 0 Å². The largest absolute Gasteiger partial charge is 0.493 e. The Hall–Kier alpha value is -2.48. The maximum Gasteiger partial charge on any atom is 0.279 e. The van der Waals surface area contributed by atoms with Crippen LogP contribution in [0.25, 0.3) is 0 Å². The van der Waals surface area contributed by atoms with E-state index >= 15 is 0 Å². The van der Waals surface area contributed by atoms with Crippen LogP contribution in [0.1, 0.15) is 43.7 Å². The van der Waals surface area contributed by atoms with E-state index in [1.807, 2.05) is 26.1 Å². The van der Waals surface area contributed by atoms with Gasteiger partial charge in [-0.3, -0.25) is 9.59 Å². The van der Waals surface area contributed by atoms with Crippen LogP contribution in [0.4, 0.5) is 5.82 Å². The van der Waals surface area contributed by atoms with Crippen molar-refractivity contribution in [3.8, 4) is 11.5 Å². The molecule has 0 bridgehead atoms. The van der Waals surface area contributed by atoms with Crippen LogP contribution in [0.5, 0.6) is 11.5 Å². The predicted octanol–water partition coefficient (Wildman–Crippen LogP) is 3.16. The van der Waals surface area contributed by atoms with Gasteiger partial charge in [-0.05, 0) is 19.4 Å². The number of hydrogen-bond acceptors (Lipinski definition) is 6. The number of methoxy groups -OCH3 is 1. The highest BCUT2D eigenvalue weighted by Gasteiger charge is 2.34. The van der Waals surface area contributed by atoms with Crippen LogP contribution < -0.4 is 20.3 Å². The van der Waals surface area contributed by atoms with Crippen LogP contribution in [0.15, 0.2) is 28.2 Å². The third kappa shape index (κ3) is 3.73. The van der Waals surface area contributed by atoms with Gasteiger partial charge in [-0.25, -0.2) is 0 Å². The number of carbonyl (C=O) groups is 1. The second-order valence-electron chi connectivity index (χ2n) is 6.49. The zero-order valence-corrected chi connectivity index (χ0v) is 17.4. The molecule has 1 aliphatic rings. The lowest BCUT2D eigenvalue weighted by Crippen LogP contribution is -2.33. The lowest BCUT2D eigenvalue weighted by atomic mass is 9.86. The fraction of sp³-hybridized carbons (Fsp3) is 0.450. The molecule has 2 aromatic rings. The molecule has 3 rings (SSSR count). The van der Waals surface area contributed by atoms with E-state index < -0.39 is 5.92 Å². The number of fused-ring (bicyclic) bond motifs is 1. The minimum atomic E-state index is -0.447. The molecule has 0 fully saturated rings. The topological polar surface area (TPSA) is 82.5 Å². The molecule has 1 atom stereocenters. The number of thioether (sulfide) groups is 1. The van der Waals surface area contributed by atoms with Crippen LogP contribution in [-0.2, 0) is 11.8 Å². The van der Waals surface area contributed by atoms with E-state index in [2.05, 4.69) is 17.2 Å². The summed E-state index contributed by atoms with van der Waals surface area (Å²) < 4.78 is 13.0. The van der Waals surface area contributed by atoms with Crippen molar-refractivity contribution in [3.63, 3.8) is 0 Å². The zero-order chi connectivity index (χ0) is 20.3. The normalized spacial score (nSPS) is 15.7. The second kappa shape index (κ2) is 8.68. The Labute approximate surface area is 168 Å². The highest BCUT2D eigenvalue weighted by molar-refractivity contribution is 7.99. The summed E-state index contributed by atoms with van der Waals surface area (Å²) in [5.41, 5.74) is 0.921. The lowest BCUT2D eigenvalue weighted by Gasteiger charge is -2.28. The molecule has 1 unspecified atom stereocenters. The minimum absolute atomic E-state index is 0.143. The van der Waals surface area contributed by atoms with Gasteiger partial charge in [0.25, 0.3) is 5.56 Å². The number of ether oxygens (including phenoxy) is 2. The van der Waals surface area contributed by atoms with E-state index in [1.165, 1.54) is 11.8 Å². The summed E-state index contributed by atoms with van der Waals surface area (Å²) in [6.45, 7) is 4.40. The number of nitrogens with one attached hydrogen (secondary N) is 1. The lowest BCUT2D eigenvalue weighted by molar-refractivity contribution is -0.116. The standard InChI is InChI=1S/C20H25N3O4S/c1-5-10-28-20-22-19(25)16-13(11-15(24)21-18(16)23(20)3)12-8-7-9-14(26-4)17(12)27-6-2/h7-9,13H,5-6,10-11H2,1-4H3,(H,21,24). The first-order valence-corrected chi connectivity index (χ1v) is 10.3. The molecule has 28 heavy (non-hydrogen) atoms. The zero-order valence-electron chi connectivity index (χ0n) is 16.6. The van der Waals surface area contributed by atoms with Gasteiger partial charge in [0.1, 0.15) is 5.82 Å². The van der Waals surface area contributed by atoms with E-state index in [0.29, 0.717) is 34.6 Å². The molecule has 0 saturated heterocycles. The first kappa shape index (κ1) is 20.3. The summed E-state index contributed by atoms with van der Waals surface area (Å²) in [6, 6.07) is 5.52. The van der Waals surface area contributed by atoms with Crippen LogP contribution in [0.2, 0.25) is 0 Å². The van der Waals surface area contributed by atoms with E-state index in [-0.39, 0.29) is 17.9 Å². The van der Waals surface area contributed by atoms with Crippen molar-refractivity contribution in [1.29, 1.82) is 0 Å². The average Bonchev–Trinajstić information content (AvgIpc) is 2.69. The van der Waals surface area contributed by atoms with Crippen molar-refractivity contribution in [2.75, 3.05) is 24.8 Å². The van der Waals surface area contributed by atoms with Gasteiger partial charge in [0.2, 0.25) is 5.91 Å². The Balaban J connectivity index is 2.19. The van der Waals surface area contributed by atoms with E-state index in [1.54, 1.807) is 17.7 Å². The highest BCUT2D eigenvalue weighted by atomic mass is 32.2. The monoisotopic (exact) mass is 403 g/mol. The smallest absolute Gasteiger partial charge is 0.279 e. The molecule has 1 aromatic carbocycles. The molecular weight excluding hydrogens is 378 g/mol. The third-order valence-electron chi connectivity index (χ3n) is 4.63. The number of anilines is 1. The molecule has 1 amide bonds. The van der Waals surface area contributed by atoms with Gasteiger partial charge in [0.05, 0.1) is 19.3 Å². The first-order valence-electron chi connectivity index (χ1n) is 9.35. The molecule has 8 heteroatoms. The van der Waals surface area contributed by atoms with Crippen molar-refractivity contribution in [3.05, 3.63) is 39.7 Å². The Bertz CT molecular complexity index is 942. The van der Waals surface area contributed by atoms with Crippen molar-refractivity contribution in [2.24, 2.45) is 7.05 Å². The summed E-state index contributed by atoms with van der Waals surface area (Å²) in [6.07, 6.45) is 1.12. The Kier molecular flexibility index (Phi) is 6.28.